The average Bonchev–Trinajstić information content (AvgIpc) is 3.26. The van der Waals surface area contributed by atoms with Crippen LogP contribution in [-0.2, 0) is 17.8 Å². The highest BCUT2D eigenvalue weighted by molar-refractivity contribution is 6.31. The highest BCUT2D eigenvalue weighted by atomic mass is 35.5. The van der Waals surface area contributed by atoms with Crippen molar-refractivity contribution in [3.63, 3.8) is 0 Å². The van der Waals surface area contributed by atoms with Gasteiger partial charge in [0.1, 0.15) is 5.82 Å². The minimum atomic E-state index is -0.259. The lowest BCUT2D eigenvalue weighted by Gasteiger charge is -2.21. The Bertz CT molecular complexity index is 1330. The van der Waals surface area contributed by atoms with Crippen LogP contribution in [-0.4, -0.2) is 32.3 Å². The molecule has 0 fully saturated rings. The summed E-state index contributed by atoms with van der Waals surface area (Å²) in [6.07, 6.45) is 3.00. The maximum Gasteiger partial charge on any atom is 0.258 e. The number of nitrogens with one attached hydrogen (secondary N) is 1. The molecule has 0 saturated heterocycles. The number of fused-ring (bicyclic) bond motifs is 1. The Morgan fingerprint density at radius 3 is 2.64 bits per heavy atom. The predicted octanol–water partition coefficient (Wildman–Crippen LogP) is 5.26. The van der Waals surface area contributed by atoms with Gasteiger partial charge in [-0.05, 0) is 48.9 Å². The molecule has 9 heteroatoms. The molecule has 0 aliphatic rings. The van der Waals surface area contributed by atoms with Gasteiger partial charge in [-0.3, -0.25) is 9.59 Å². The fourth-order valence-corrected chi connectivity index (χ4v) is 3.82. The van der Waals surface area contributed by atoms with E-state index in [-0.39, 0.29) is 24.4 Å². The molecule has 0 unspecified atom stereocenters. The van der Waals surface area contributed by atoms with Crippen molar-refractivity contribution in [2.24, 2.45) is 0 Å². The first kappa shape index (κ1) is 23.0. The molecule has 1 N–H and O–H groups in total. The van der Waals surface area contributed by atoms with E-state index in [0.717, 1.165) is 12.0 Å². The molecule has 0 aliphatic heterocycles. The smallest absolute Gasteiger partial charge is 0.258 e. The van der Waals surface area contributed by atoms with E-state index < -0.39 is 0 Å². The van der Waals surface area contributed by atoms with Crippen LogP contribution < -0.4 is 5.56 Å². The minimum absolute atomic E-state index is 0.0723. The fraction of sp³-hybridized carbons (Fsp3) is 0.250. The summed E-state index contributed by atoms with van der Waals surface area (Å²) in [6.45, 7) is 2.73. The number of carbonyl (C=O) groups is 1. The quantitative estimate of drug-likeness (QED) is 0.368. The Kier molecular flexibility index (Phi) is 7.11. The highest BCUT2D eigenvalue weighted by Gasteiger charge is 2.17. The lowest BCUT2D eigenvalue weighted by Crippen LogP contribution is -2.33. The molecular formula is C24H22Cl2N4O3. The van der Waals surface area contributed by atoms with Crippen molar-refractivity contribution in [3.05, 3.63) is 80.8 Å². The molecular weight excluding hydrogens is 463 g/mol. The molecule has 7 nitrogen and oxygen atoms in total. The van der Waals surface area contributed by atoms with Gasteiger partial charge in [-0.15, -0.1) is 0 Å². The molecule has 4 aromatic rings. The van der Waals surface area contributed by atoms with Crippen LogP contribution in [0.3, 0.4) is 0 Å². The van der Waals surface area contributed by atoms with E-state index in [0.29, 0.717) is 51.4 Å². The number of aromatic amines is 1. The van der Waals surface area contributed by atoms with E-state index >= 15 is 0 Å². The van der Waals surface area contributed by atoms with Crippen molar-refractivity contribution in [2.45, 2.75) is 32.7 Å². The van der Waals surface area contributed by atoms with Gasteiger partial charge in [0.2, 0.25) is 5.91 Å². The van der Waals surface area contributed by atoms with Crippen LogP contribution in [0.5, 0.6) is 0 Å². The monoisotopic (exact) mass is 484 g/mol. The Hall–Kier alpha value is -3.16. The number of halogens is 2. The molecule has 2 heterocycles. The van der Waals surface area contributed by atoms with Crippen molar-refractivity contribution in [2.75, 3.05) is 6.54 Å². The third-order valence-corrected chi connectivity index (χ3v) is 5.63. The normalized spacial score (nSPS) is 11.1. The molecule has 1 amide bonds. The van der Waals surface area contributed by atoms with Crippen LogP contribution in [0.2, 0.25) is 10.0 Å². The average molecular weight is 485 g/mol. The molecule has 2 aromatic carbocycles. The summed E-state index contributed by atoms with van der Waals surface area (Å²) in [5, 5.41) is 1.60. The second-order valence-corrected chi connectivity index (χ2v) is 8.49. The summed E-state index contributed by atoms with van der Waals surface area (Å²) >= 11 is 12.0. The number of hydrogen-bond acceptors (Lipinski definition) is 5. The SMILES string of the molecule is CCCN(Cc1nc2cc(Cl)ccc2c(=O)[nH]1)C(=O)CCc1ncc(-c2ccc(Cl)cc2)o1. The van der Waals surface area contributed by atoms with Gasteiger partial charge in [0.15, 0.2) is 11.7 Å². The first-order valence-electron chi connectivity index (χ1n) is 10.6. The van der Waals surface area contributed by atoms with Gasteiger partial charge in [-0.25, -0.2) is 9.97 Å². The number of benzene rings is 2. The zero-order valence-electron chi connectivity index (χ0n) is 18.0. The van der Waals surface area contributed by atoms with Crippen LogP contribution in [0.1, 0.15) is 31.5 Å². The largest absolute Gasteiger partial charge is 0.441 e. The van der Waals surface area contributed by atoms with E-state index in [2.05, 4.69) is 15.0 Å². The first-order chi connectivity index (χ1) is 15.9. The fourth-order valence-electron chi connectivity index (χ4n) is 3.52. The van der Waals surface area contributed by atoms with E-state index in [1.54, 1.807) is 41.4 Å². The molecule has 0 atom stereocenters. The van der Waals surface area contributed by atoms with Crippen LogP contribution in [0.25, 0.3) is 22.2 Å². The number of nitrogens with zero attached hydrogens (tertiary/aromatic N) is 3. The zero-order chi connectivity index (χ0) is 23.4. The summed E-state index contributed by atoms with van der Waals surface area (Å²) in [6, 6.07) is 12.2. The summed E-state index contributed by atoms with van der Waals surface area (Å²) in [4.78, 5) is 38.6. The lowest BCUT2D eigenvalue weighted by atomic mass is 10.2. The number of oxazole rings is 1. The number of carbonyl (C=O) groups excluding carboxylic acids is 1. The third-order valence-electron chi connectivity index (χ3n) is 5.14. The lowest BCUT2D eigenvalue weighted by molar-refractivity contribution is -0.132. The van der Waals surface area contributed by atoms with Crippen LogP contribution in [0.4, 0.5) is 0 Å². The molecule has 33 heavy (non-hydrogen) atoms. The van der Waals surface area contributed by atoms with Crippen LogP contribution in [0, 0.1) is 0 Å². The zero-order valence-corrected chi connectivity index (χ0v) is 19.5. The van der Waals surface area contributed by atoms with Crippen molar-refractivity contribution in [3.8, 4) is 11.3 Å². The van der Waals surface area contributed by atoms with Crippen molar-refractivity contribution in [1.29, 1.82) is 0 Å². The van der Waals surface area contributed by atoms with Crippen LogP contribution in [0.15, 0.2) is 57.9 Å². The summed E-state index contributed by atoms with van der Waals surface area (Å²) in [5.74, 6) is 1.45. The van der Waals surface area contributed by atoms with E-state index in [1.807, 2.05) is 19.1 Å². The number of aromatic nitrogens is 3. The first-order valence-corrected chi connectivity index (χ1v) is 11.4. The Morgan fingerprint density at radius 2 is 1.88 bits per heavy atom. The maximum absolute atomic E-state index is 12.9. The van der Waals surface area contributed by atoms with Gasteiger partial charge in [0.25, 0.3) is 5.56 Å². The molecule has 0 saturated carbocycles. The Labute approximate surface area is 200 Å². The van der Waals surface area contributed by atoms with Gasteiger partial charge in [0.05, 0.1) is 23.6 Å². The molecule has 0 bridgehead atoms. The Morgan fingerprint density at radius 1 is 1.12 bits per heavy atom. The third kappa shape index (κ3) is 5.61. The summed E-state index contributed by atoms with van der Waals surface area (Å²) in [7, 11) is 0. The second-order valence-electron chi connectivity index (χ2n) is 7.61. The second kappa shape index (κ2) is 10.2. The molecule has 0 aliphatic carbocycles. The number of H-pyrrole nitrogens is 1. The molecule has 4 rings (SSSR count). The molecule has 0 radical (unpaired) electrons. The number of rotatable bonds is 8. The van der Waals surface area contributed by atoms with Crippen molar-refractivity contribution >= 4 is 40.0 Å². The summed E-state index contributed by atoms with van der Waals surface area (Å²) < 4.78 is 5.80. The summed E-state index contributed by atoms with van der Waals surface area (Å²) in [5.41, 5.74) is 1.10. The number of amides is 1. The van der Waals surface area contributed by atoms with E-state index in [1.165, 1.54) is 0 Å². The van der Waals surface area contributed by atoms with Gasteiger partial charge in [0, 0.05) is 35.0 Å². The predicted molar refractivity (Wildman–Crippen MR) is 128 cm³/mol. The standard InChI is InChI=1S/C24H22Cl2N4O3/c1-2-11-30(14-21-28-19-12-17(26)7-8-18(19)24(32)29-21)23(31)10-9-22-27-13-20(33-22)15-3-5-16(25)6-4-15/h3-8,12-13H,2,9-11,14H2,1H3,(H,28,29,32). The number of aryl methyl sites for hydroxylation is 1. The number of hydrogen-bond donors (Lipinski definition) is 1. The van der Waals surface area contributed by atoms with E-state index in [9.17, 15) is 9.59 Å². The van der Waals surface area contributed by atoms with Crippen LogP contribution >= 0.6 is 23.2 Å². The minimum Gasteiger partial charge on any atom is -0.441 e. The van der Waals surface area contributed by atoms with Gasteiger partial charge < -0.3 is 14.3 Å². The highest BCUT2D eigenvalue weighted by Crippen LogP contribution is 2.23. The molecule has 2 aromatic heterocycles. The maximum atomic E-state index is 12.9. The van der Waals surface area contributed by atoms with Crippen molar-refractivity contribution in [1.82, 2.24) is 19.9 Å². The van der Waals surface area contributed by atoms with E-state index in [4.69, 9.17) is 27.6 Å². The molecule has 0 spiro atoms. The molecule has 170 valence electrons. The van der Waals surface area contributed by atoms with Crippen molar-refractivity contribution < 1.29 is 9.21 Å². The van der Waals surface area contributed by atoms with Gasteiger partial charge in [-0.2, -0.15) is 0 Å². The Balaban J connectivity index is 1.44. The topological polar surface area (TPSA) is 92.1 Å². The van der Waals surface area contributed by atoms with Gasteiger partial charge >= 0.3 is 0 Å². The van der Waals surface area contributed by atoms with Gasteiger partial charge in [-0.1, -0.05) is 30.1 Å².